The van der Waals surface area contributed by atoms with Crippen LogP contribution < -0.4 is 4.74 Å². The Balaban J connectivity index is 2.56. The van der Waals surface area contributed by atoms with Crippen LogP contribution in [0, 0.1) is 17.2 Å². The molecule has 0 spiro atoms. The van der Waals surface area contributed by atoms with Crippen molar-refractivity contribution in [1.82, 2.24) is 0 Å². The maximum atomic E-state index is 12.6. The Morgan fingerprint density at radius 3 is 2.55 bits per heavy atom. The van der Waals surface area contributed by atoms with Crippen LogP contribution in [0.4, 0.5) is 0 Å². The van der Waals surface area contributed by atoms with Gasteiger partial charge in [-0.3, -0.25) is 4.79 Å². The third kappa shape index (κ3) is 2.50. The summed E-state index contributed by atoms with van der Waals surface area (Å²) in [6.07, 6.45) is 0.933. The summed E-state index contributed by atoms with van der Waals surface area (Å²) in [7, 11) is 1.62. The fraction of sp³-hybridized carbons (Fsp3) is 0.294. The summed E-state index contributed by atoms with van der Waals surface area (Å²) in [6, 6.07) is 13.4. The van der Waals surface area contributed by atoms with Crippen molar-refractivity contribution in [3.8, 4) is 11.8 Å². The third-order valence-electron chi connectivity index (χ3n) is 3.57. The van der Waals surface area contributed by atoms with E-state index < -0.39 is 0 Å². The normalized spacial score (nSPS) is 11.8. The molecule has 0 bridgehead atoms. The number of ketones is 1. The lowest BCUT2D eigenvalue weighted by molar-refractivity contribution is 0.0920. The molecule has 0 aliphatic heterocycles. The quantitative estimate of drug-likeness (QED) is 0.770. The predicted molar refractivity (Wildman–Crippen MR) is 78.8 cm³/mol. The molecule has 2 aromatic carbocycles. The van der Waals surface area contributed by atoms with E-state index in [-0.39, 0.29) is 18.1 Å². The van der Waals surface area contributed by atoms with Gasteiger partial charge in [-0.1, -0.05) is 31.2 Å². The van der Waals surface area contributed by atoms with E-state index in [0.29, 0.717) is 12.0 Å². The molecule has 0 radical (unpaired) electrons. The zero-order valence-corrected chi connectivity index (χ0v) is 11.7. The van der Waals surface area contributed by atoms with Gasteiger partial charge in [-0.25, -0.2) is 0 Å². The summed E-state index contributed by atoms with van der Waals surface area (Å²) in [4.78, 5) is 12.6. The molecule has 0 heterocycles. The van der Waals surface area contributed by atoms with E-state index in [1.165, 1.54) is 0 Å². The number of rotatable bonds is 5. The zero-order valence-electron chi connectivity index (χ0n) is 11.7. The largest absolute Gasteiger partial charge is 0.496 e. The second kappa shape index (κ2) is 6.21. The Morgan fingerprint density at radius 2 is 1.95 bits per heavy atom. The average Bonchev–Trinajstić information content (AvgIpc) is 2.50. The predicted octanol–water partition coefficient (Wildman–Crippen LogP) is 3.97. The Labute approximate surface area is 118 Å². The van der Waals surface area contributed by atoms with Gasteiger partial charge in [0.15, 0.2) is 5.78 Å². The maximum Gasteiger partial charge on any atom is 0.167 e. The van der Waals surface area contributed by atoms with Crippen molar-refractivity contribution in [3.63, 3.8) is 0 Å². The lowest BCUT2D eigenvalue weighted by atomic mass is 9.90. The number of fused-ring (bicyclic) bond motifs is 1. The van der Waals surface area contributed by atoms with Gasteiger partial charge in [-0.2, -0.15) is 5.26 Å². The monoisotopic (exact) mass is 267 g/mol. The molecule has 3 heteroatoms. The van der Waals surface area contributed by atoms with Crippen molar-refractivity contribution >= 4 is 16.6 Å². The summed E-state index contributed by atoms with van der Waals surface area (Å²) in [5, 5.41) is 10.6. The molecular weight excluding hydrogens is 250 g/mol. The van der Waals surface area contributed by atoms with Crippen molar-refractivity contribution in [2.45, 2.75) is 19.8 Å². The van der Waals surface area contributed by atoms with Crippen LogP contribution in [0.25, 0.3) is 10.8 Å². The number of methoxy groups -OCH3 is 1. The summed E-state index contributed by atoms with van der Waals surface area (Å²) >= 11 is 0. The van der Waals surface area contributed by atoms with E-state index in [1.54, 1.807) is 13.2 Å². The van der Waals surface area contributed by atoms with E-state index in [9.17, 15) is 4.79 Å². The minimum Gasteiger partial charge on any atom is -0.496 e. The molecule has 0 fully saturated rings. The molecule has 0 aromatic heterocycles. The van der Waals surface area contributed by atoms with Crippen LogP contribution in [0.15, 0.2) is 36.4 Å². The highest BCUT2D eigenvalue weighted by molar-refractivity contribution is 6.10. The zero-order chi connectivity index (χ0) is 14.5. The molecule has 1 unspecified atom stereocenters. The highest BCUT2D eigenvalue weighted by atomic mass is 16.5. The molecule has 0 amide bonds. The SMILES string of the molecule is CCC(CC#N)C(=O)c1ccc(OC)c2ccccc12. The third-order valence-corrected chi connectivity index (χ3v) is 3.57. The lowest BCUT2D eigenvalue weighted by Crippen LogP contribution is -2.14. The molecular formula is C17H17NO2. The first-order chi connectivity index (χ1) is 9.72. The molecule has 2 rings (SSSR count). The summed E-state index contributed by atoms with van der Waals surface area (Å²) in [5.74, 6) is 0.551. The van der Waals surface area contributed by atoms with Gasteiger partial charge in [0.05, 0.1) is 13.2 Å². The molecule has 1 atom stereocenters. The van der Waals surface area contributed by atoms with Crippen LogP contribution in [0.3, 0.4) is 0 Å². The standard InChI is InChI=1S/C17H17NO2/c1-3-12(10-11-18)17(19)15-8-9-16(20-2)14-7-5-4-6-13(14)15/h4-9,12H,3,10H2,1-2H3. The first kappa shape index (κ1) is 14.1. The maximum absolute atomic E-state index is 12.6. The van der Waals surface area contributed by atoms with Crippen molar-refractivity contribution in [2.75, 3.05) is 7.11 Å². The first-order valence-corrected chi connectivity index (χ1v) is 6.69. The van der Waals surface area contributed by atoms with E-state index in [4.69, 9.17) is 10.00 Å². The van der Waals surface area contributed by atoms with Crippen molar-refractivity contribution < 1.29 is 9.53 Å². The Morgan fingerprint density at radius 1 is 1.25 bits per heavy atom. The summed E-state index contributed by atoms with van der Waals surface area (Å²) in [5.41, 5.74) is 0.670. The number of nitriles is 1. The molecule has 20 heavy (non-hydrogen) atoms. The lowest BCUT2D eigenvalue weighted by Gasteiger charge is -2.13. The van der Waals surface area contributed by atoms with Crippen LogP contribution >= 0.6 is 0 Å². The van der Waals surface area contributed by atoms with E-state index >= 15 is 0 Å². The van der Waals surface area contributed by atoms with Gasteiger partial charge >= 0.3 is 0 Å². The average molecular weight is 267 g/mol. The Hall–Kier alpha value is -2.34. The van der Waals surface area contributed by atoms with Crippen LogP contribution in [0.2, 0.25) is 0 Å². The molecule has 0 aliphatic carbocycles. The van der Waals surface area contributed by atoms with Crippen LogP contribution in [-0.2, 0) is 0 Å². The summed E-state index contributed by atoms with van der Waals surface area (Å²) < 4.78 is 5.33. The molecule has 2 aromatic rings. The molecule has 0 saturated carbocycles. The minimum atomic E-state index is -0.239. The highest BCUT2D eigenvalue weighted by Crippen LogP contribution is 2.30. The number of nitrogens with zero attached hydrogens (tertiary/aromatic N) is 1. The van der Waals surface area contributed by atoms with Crippen LogP contribution in [-0.4, -0.2) is 12.9 Å². The number of ether oxygens (including phenoxy) is 1. The van der Waals surface area contributed by atoms with Gasteiger partial charge in [-0.05, 0) is 23.9 Å². The highest BCUT2D eigenvalue weighted by Gasteiger charge is 2.20. The fourth-order valence-electron chi connectivity index (χ4n) is 2.42. The van der Waals surface area contributed by atoms with E-state index in [1.807, 2.05) is 37.3 Å². The Bertz CT molecular complexity index is 670. The van der Waals surface area contributed by atoms with Crippen molar-refractivity contribution in [1.29, 1.82) is 5.26 Å². The van der Waals surface area contributed by atoms with Gasteiger partial charge in [0.2, 0.25) is 0 Å². The smallest absolute Gasteiger partial charge is 0.167 e. The topological polar surface area (TPSA) is 50.1 Å². The Kier molecular flexibility index (Phi) is 4.37. The number of hydrogen-bond donors (Lipinski definition) is 0. The van der Waals surface area contributed by atoms with Crippen molar-refractivity contribution in [2.24, 2.45) is 5.92 Å². The number of Topliss-reactive ketones (excluding diaryl/α,β-unsaturated/α-hetero) is 1. The molecule has 0 N–H and O–H groups in total. The second-order valence-electron chi connectivity index (χ2n) is 4.69. The second-order valence-corrected chi connectivity index (χ2v) is 4.69. The number of carbonyl (C=O) groups is 1. The van der Waals surface area contributed by atoms with Gasteiger partial charge in [-0.15, -0.1) is 0 Å². The fourth-order valence-corrected chi connectivity index (χ4v) is 2.42. The molecule has 0 aliphatic rings. The summed E-state index contributed by atoms with van der Waals surface area (Å²) in [6.45, 7) is 1.94. The van der Waals surface area contributed by atoms with Crippen molar-refractivity contribution in [3.05, 3.63) is 42.0 Å². The molecule has 0 saturated heterocycles. The number of carbonyl (C=O) groups excluding carboxylic acids is 1. The molecule has 102 valence electrons. The molecule has 3 nitrogen and oxygen atoms in total. The van der Waals surface area contributed by atoms with Crippen LogP contribution in [0.5, 0.6) is 5.75 Å². The number of hydrogen-bond acceptors (Lipinski definition) is 3. The number of benzene rings is 2. The first-order valence-electron chi connectivity index (χ1n) is 6.69. The minimum absolute atomic E-state index is 0.0351. The van der Waals surface area contributed by atoms with Gasteiger partial charge in [0.1, 0.15) is 5.75 Å². The van der Waals surface area contributed by atoms with Gasteiger partial charge < -0.3 is 4.74 Å². The van der Waals surface area contributed by atoms with Gasteiger partial charge in [0, 0.05) is 23.3 Å². The van der Waals surface area contributed by atoms with E-state index in [0.717, 1.165) is 16.5 Å². The van der Waals surface area contributed by atoms with E-state index in [2.05, 4.69) is 6.07 Å². The van der Waals surface area contributed by atoms with Crippen LogP contribution in [0.1, 0.15) is 30.1 Å². The van der Waals surface area contributed by atoms with Gasteiger partial charge in [0.25, 0.3) is 0 Å².